The van der Waals surface area contributed by atoms with Crippen LogP contribution in [0.5, 0.6) is 11.5 Å². The first-order valence-electron chi connectivity index (χ1n) is 19.0. The Bertz CT molecular complexity index is 1800. The summed E-state index contributed by atoms with van der Waals surface area (Å²) in [6.45, 7) is 7.91. The predicted molar refractivity (Wildman–Crippen MR) is 199 cm³/mol. The van der Waals surface area contributed by atoms with Crippen molar-refractivity contribution >= 4 is 10.9 Å². The van der Waals surface area contributed by atoms with E-state index in [4.69, 9.17) is 9.47 Å². The van der Waals surface area contributed by atoms with Gasteiger partial charge in [0.1, 0.15) is 29.7 Å². The Morgan fingerprint density at radius 2 is 1.71 bits per heavy atom. The number of H-pyrrole nitrogens is 1. The van der Waals surface area contributed by atoms with Crippen LogP contribution in [0.2, 0.25) is 0 Å². The highest BCUT2D eigenvalue weighted by Crippen LogP contribution is 2.43. The van der Waals surface area contributed by atoms with Gasteiger partial charge in [-0.25, -0.2) is 0 Å². The summed E-state index contributed by atoms with van der Waals surface area (Å²) in [5.74, 6) is 1.67. The number of aromatic hydroxyl groups is 1. The van der Waals surface area contributed by atoms with Crippen molar-refractivity contribution in [3.8, 4) is 11.5 Å². The van der Waals surface area contributed by atoms with Gasteiger partial charge in [0.15, 0.2) is 0 Å². The number of fused-ring (bicyclic) bond motifs is 4. The molecule has 9 nitrogen and oxygen atoms in total. The first-order valence-corrected chi connectivity index (χ1v) is 19.0. The summed E-state index contributed by atoms with van der Waals surface area (Å²) in [6.07, 6.45) is 7.24. The summed E-state index contributed by atoms with van der Waals surface area (Å²) in [5.41, 5.74) is 1.83. The number of hydrogen-bond acceptors (Lipinski definition) is 7. The van der Waals surface area contributed by atoms with Crippen molar-refractivity contribution in [1.29, 1.82) is 0 Å². The maximum atomic E-state index is 12.0. The molecule has 3 aliphatic heterocycles. The van der Waals surface area contributed by atoms with Crippen LogP contribution in [0.3, 0.4) is 0 Å². The summed E-state index contributed by atoms with van der Waals surface area (Å²) in [5, 5.41) is 37.2. The lowest BCUT2D eigenvalue weighted by atomic mass is 9.80. The fourth-order valence-electron chi connectivity index (χ4n) is 9.03. The zero-order valence-electron chi connectivity index (χ0n) is 29.8. The molecule has 8 rings (SSSR count). The number of nitrogens with zero attached hydrogens (tertiary/aromatic N) is 1. The van der Waals surface area contributed by atoms with Crippen molar-refractivity contribution in [2.45, 2.75) is 75.7 Å². The number of phenolic OH excluding ortho intramolecular Hbond substituents is 1. The zero-order valence-corrected chi connectivity index (χ0v) is 29.8. The highest BCUT2D eigenvalue weighted by Gasteiger charge is 2.48. The third-order valence-corrected chi connectivity index (χ3v) is 12.2. The van der Waals surface area contributed by atoms with E-state index in [2.05, 4.69) is 41.5 Å². The summed E-state index contributed by atoms with van der Waals surface area (Å²) < 4.78 is 14.0. The smallest absolute Gasteiger partial charge is 0.248 e. The van der Waals surface area contributed by atoms with Crippen molar-refractivity contribution in [3.05, 3.63) is 106 Å². The van der Waals surface area contributed by atoms with E-state index in [0.29, 0.717) is 42.1 Å². The second-order valence-corrected chi connectivity index (χ2v) is 15.4. The molecule has 272 valence electrons. The van der Waals surface area contributed by atoms with Crippen LogP contribution in [0.4, 0.5) is 0 Å². The standard InChI is InChI=1S/C42H53N3O6/c1-29(43-26-38(47)35-16-18-37(46)41-36(35)17-19-40(48)44-41)30-12-14-34(15-13-30)50-25-7-22-45-23-20-31(21-24-45)39(27-45)51-28-42(49,33-10-5-6-11-33)32-8-3-2-4-9-32/h2-4,8-9,12-19,29,31,33,38-39,43,47,49H,5-7,10-11,20-28H2,1H3,(H-,44,46,48)/p+1/t29?,31?,38-,39-,42+,45?/m0/s1. The molecule has 0 amide bonds. The number of hydrogen-bond donors (Lipinski definition) is 5. The number of benzene rings is 3. The zero-order chi connectivity index (χ0) is 35.4. The van der Waals surface area contributed by atoms with E-state index in [1.54, 1.807) is 12.1 Å². The molecule has 51 heavy (non-hydrogen) atoms. The lowest BCUT2D eigenvalue weighted by Crippen LogP contribution is -2.65. The molecule has 1 aromatic heterocycles. The lowest BCUT2D eigenvalue weighted by Gasteiger charge is -2.53. The first kappa shape index (κ1) is 35.7. The Hall–Kier alpha value is -3.73. The number of rotatable bonds is 15. The van der Waals surface area contributed by atoms with Crippen LogP contribution >= 0.6 is 0 Å². The number of phenols is 1. The molecule has 2 bridgehead atoms. The van der Waals surface area contributed by atoms with Crippen LogP contribution in [-0.2, 0) is 10.3 Å². The number of ether oxygens (including phenoxy) is 2. The number of nitrogens with one attached hydrogen (secondary N) is 2. The molecule has 5 N–H and O–H groups in total. The van der Waals surface area contributed by atoms with E-state index in [1.165, 1.54) is 50.9 Å². The quantitative estimate of drug-likeness (QED) is 0.0753. The van der Waals surface area contributed by atoms with Gasteiger partial charge in [-0.2, -0.15) is 0 Å². The maximum Gasteiger partial charge on any atom is 0.248 e. The topological polar surface area (TPSA) is 124 Å². The van der Waals surface area contributed by atoms with Gasteiger partial charge in [0, 0.05) is 49.2 Å². The van der Waals surface area contributed by atoms with Gasteiger partial charge in [0.25, 0.3) is 0 Å². The number of pyridine rings is 1. The number of aromatic amines is 1. The van der Waals surface area contributed by atoms with Crippen LogP contribution in [0, 0.1) is 11.8 Å². The average Bonchev–Trinajstić information content (AvgIpc) is 3.72. The van der Waals surface area contributed by atoms with Crippen LogP contribution in [0.25, 0.3) is 10.9 Å². The highest BCUT2D eigenvalue weighted by molar-refractivity contribution is 5.87. The molecule has 3 aromatic carbocycles. The van der Waals surface area contributed by atoms with E-state index in [1.807, 2.05) is 30.3 Å². The molecule has 4 heterocycles. The molecule has 4 aromatic rings. The molecule has 9 heteroatoms. The van der Waals surface area contributed by atoms with Gasteiger partial charge >= 0.3 is 0 Å². The molecular formula is C42H54N3O6+. The van der Waals surface area contributed by atoms with Gasteiger partial charge in [-0.05, 0) is 66.6 Å². The van der Waals surface area contributed by atoms with Crippen LogP contribution in [0.15, 0.2) is 83.7 Å². The van der Waals surface area contributed by atoms with E-state index < -0.39 is 11.7 Å². The Morgan fingerprint density at radius 3 is 2.45 bits per heavy atom. The second-order valence-electron chi connectivity index (χ2n) is 15.4. The van der Waals surface area contributed by atoms with E-state index >= 15 is 0 Å². The van der Waals surface area contributed by atoms with Crippen molar-refractivity contribution in [2.75, 3.05) is 45.9 Å². The molecule has 4 atom stereocenters. The number of aliphatic hydroxyl groups is 2. The van der Waals surface area contributed by atoms with Crippen LogP contribution in [0.1, 0.15) is 80.7 Å². The molecule has 0 spiro atoms. The molecular weight excluding hydrogens is 642 g/mol. The first-order chi connectivity index (χ1) is 24.7. The maximum absolute atomic E-state index is 12.0. The molecule has 4 fully saturated rings. The minimum absolute atomic E-state index is 0.00766. The minimum atomic E-state index is -0.917. The minimum Gasteiger partial charge on any atom is -0.506 e. The summed E-state index contributed by atoms with van der Waals surface area (Å²) >= 11 is 0. The molecule has 4 aliphatic rings. The Labute approximate surface area is 300 Å². The Morgan fingerprint density at radius 1 is 0.961 bits per heavy atom. The predicted octanol–water partition coefficient (Wildman–Crippen LogP) is 6.09. The van der Waals surface area contributed by atoms with Crippen LogP contribution in [-0.4, -0.2) is 76.8 Å². The molecule has 1 saturated carbocycles. The highest BCUT2D eigenvalue weighted by atomic mass is 16.5. The normalized spacial score (nSPS) is 24.4. The number of piperidine rings is 3. The van der Waals surface area contributed by atoms with Gasteiger partial charge in [0.05, 0.1) is 44.5 Å². The molecule has 1 aliphatic carbocycles. The van der Waals surface area contributed by atoms with Crippen molar-refractivity contribution in [2.24, 2.45) is 11.8 Å². The average molecular weight is 697 g/mol. The van der Waals surface area contributed by atoms with Crippen LogP contribution < -0.4 is 15.6 Å². The van der Waals surface area contributed by atoms with Crippen molar-refractivity contribution in [3.63, 3.8) is 0 Å². The number of aliphatic hydroxyl groups excluding tert-OH is 1. The fourth-order valence-corrected chi connectivity index (χ4v) is 9.03. The van der Waals surface area contributed by atoms with Gasteiger partial charge in [-0.15, -0.1) is 0 Å². The number of aromatic nitrogens is 1. The number of quaternary nitrogens is 1. The summed E-state index contributed by atoms with van der Waals surface area (Å²) in [7, 11) is 0. The van der Waals surface area contributed by atoms with Crippen molar-refractivity contribution < 1.29 is 29.3 Å². The fraction of sp³-hybridized carbons (Fsp3) is 0.500. The van der Waals surface area contributed by atoms with Gasteiger partial charge in [-0.1, -0.05) is 61.4 Å². The summed E-state index contributed by atoms with van der Waals surface area (Å²) in [6, 6.07) is 24.5. The largest absolute Gasteiger partial charge is 0.506 e. The van der Waals surface area contributed by atoms with Crippen molar-refractivity contribution in [1.82, 2.24) is 10.3 Å². The third-order valence-electron chi connectivity index (χ3n) is 12.2. The van der Waals surface area contributed by atoms with E-state index in [9.17, 15) is 20.1 Å². The SMILES string of the molecule is CC(NC[C@H](O)c1ccc(O)c2[nH]c(=O)ccc12)c1ccc(OCCC[N+]23CCC(CC2)[C@@H](OC[C@@](O)(c2ccccc2)C2CCCC2)C3)cc1. The Balaban J connectivity index is 0.874. The van der Waals surface area contributed by atoms with Gasteiger partial charge in [0.2, 0.25) is 5.56 Å². The lowest BCUT2D eigenvalue weighted by molar-refractivity contribution is -0.946. The van der Waals surface area contributed by atoms with E-state index in [0.717, 1.165) is 53.7 Å². The Kier molecular flexibility index (Phi) is 10.8. The third kappa shape index (κ3) is 7.88. The molecule has 1 unspecified atom stereocenters. The van der Waals surface area contributed by atoms with Gasteiger partial charge < -0.3 is 39.6 Å². The monoisotopic (exact) mass is 696 g/mol. The summed E-state index contributed by atoms with van der Waals surface area (Å²) in [4.78, 5) is 14.4. The molecule has 3 saturated heterocycles. The molecule has 0 radical (unpaired) electrons. The van der Waals surface area contributed by atoms with E-state index in [-0.39, 0.29) is 29.4 Å². The van der Waals surface area contributed by atoms with Gasteiger partial charge in [-0.3, -0.25) is 4.79 Å². The second kappa shape index (κ2) is 15.5.